The third kappa shape index (κ3) is 3.36. The summed E-state index contributed by atoms with van der Waals surface area (Å²) in [5, 5.41) is 8.79. The van der Waals surface area contributed by atoms with Crippen molar-refractivity contribution in [2.24, 2.45) is 5.10 Å². The highest BCUT2D eigenvalue weighted by Gasteiger charge is 2.32. The molecule has 2 aromatic rings. The van der Waals surface area contributed by atoms with E-state index >= 15 is 0 Å². The summed E-state index contributed by atoms with van der Waals surface area (Å²) in [7, 11) is 0. The summed E-state index contributed by atoms with van der Waals surface area (Å²) < 4.78 is 10.8. The highest BCUT2D eigenvalue weighted by molar-refractivity contribution is 6.03. The van der Waals surface area contributed by atoms with Gasteiger partial charge in [0, 0.05) is 26.0 Å². The molecular weight excluding hydrogens is 346 g/mol. The number of carbonyl (C=O) groups excluding carboxylic acids is 2. The zero-order valence-corrected chi connectivity index (χ0v) is 15.1. The molecule has 4 rings (SSSR count). The van der Waals surface area contributed by atoms with Crippen molar-refractivity contribution in [3.8, 4) is 11.5 Å². The van der Waals surface area contributed by atoms with E-state index in [0.29, 0.717) is 17.9 Å². The Morgan fingerprint density at radius 1 is 1.07 bits per heavy atom. The average molecular weight is 365 g/mol. The molecule has 1 atom stereocenters. The van der Waals surface area contributed by atoms with Crippen molar-refractivity contribution in [1.29, 1.82) is 0 Å². The van der Waals surface area contributed by atoms with Crippen LogP contribution >= 0.6 is 0 Å². The third-order valence-electron chi connectivity index (χ3n) is 4.55. The standard InChI is InChI=1S/C20H19N3O4/c1-12(24)21-16-6-3-14(4-7-16)17-10-18(23(22-17)13(2)25)15-5-8-19-20(9-15)27-11-26-19/h3-9,18H,10-11H2,1-2H3,(H,21,24)/t18-/m0/s1. The highest BCUT2D eigenvalue weighted by Crippen LogP contribution is 2.39. The molecule has 1 N–H and O–H groups in total. The molecule has 138 valence electrons. The number of carbonyl (C=O) groups is 2. The number of fused-ring (bicyclic) bond motifs is 1. The summed E-state index contributed by atoms with van der Waals surface area (Å²) >= 11 is 0. The van der Waals surface area contributed by atoms with E-state index < -0.39 is 0 Å². The Balaban J connectivity index is 1.60. The van der Waals surface area contributed by atoms with Gasteiger partial charge in [0.25, 0.3) is 0 Å². The Morgan fingerprint density at radius 3 is 2.52 bits per heavy atom. The van der Waals surface area contributed by atoms with Crippen LogP contribution in [0.1, 0.15) is 37.4 Å². The van der Waals surface area contributed by atoms with Crippen LogP contribution in [0, 0.1) is 0 Å². The minimum Gasteiger partial charge on any atom is -0.454 e. The summed E-state index contributed by atoms with van der Waals surface area (Å²) in [6, 6.07) is 12.9. The zero-order chi connectivity index (χ0) is 19.0. The van der Waals surface area contributed by atoms with Crippen LogP contribution in [0.15, 0.2) is 47.6 Å². The second-order valence-electron chi connectivity index (χ2n) is 6.50. The number of hydrogen-bond donors (Lipinski definition) is 1. The van der Waals surface area contributed by atoms with Gasteiger partial charge in [-0.2, -0.15) is 5.10 Å². The van der Waals surface area contributed by atoms with Crippen molar-refractivity contribution < 1.29 is 19.1 Å². The quantitative estimate of drug-likeness (QED) is 0.906. The molecule has 0 spiro atoms. The Bertz CT molecular complexity index is 937. The largest absolute Gasteiger partial charge is 0.454 e. The van der Waals surface area contributed by atoms with E-state index in [1.807, 2.05) is 42.5 Å². The monoisotopic (exact) mass is 365 g/mol. The topological polar surface area (TPSA) is 80.2 Å². The van der Waals surface area contributed by atoms with Crippen molar-refractivity contribution in [2.75, 3.05) is 12.1 Å². The molecule has 2 aliphatic rings. The molecule has 7 nitrogen and oxygen atoms in total. The van der Waals surface area contributed by atoms with E-state index in [0.717, 1.165) is 22.5 Å². The normalized spacial score (nSPS) is 17.6. The van der Waals surface area contributed by atoms with Gasteiger partial charge in [0.1, 0.15) is 0 Å². The van der Waals surface area contributed by atoms with Crippen molar-refractivity contribution in [1.82, 2.24) is 5.01 Å². The highest BCUT2D eigenvalue weighted by atomic mass is 16.7. The molecule has 2 aromatic carbocycles. The van der Waals surface area contributed by atoms with Crippen LogP contribution < -0.4 is 14.8 Å². The van der Waals surface area contributed by atoms with Crippen LogP contribution in [0.3, 0.4) is 0 Å². The van der Waals surface area contributed by atoms with Gasteiger partial charge in [0.05, 0.1) is 11.8 Å². The third-order valence-corrected chi connectivity index (χ3v) is 4.55. The molecule has 0 saturated heterocycles. The first-order valence-corrected chi connectivity index (χ1v) is 8.66. The van der Waals surface area contributed by atoms with E-state index in [1.54, 1.807) is 0 Å². The molecule has 27 heavy (non-hydrogen) atoms. The second-order valence-corrected chi connectivity index (χ2v) is 6.50. The van der Waals surface area contributed by atoms with Gasteiger partial charge in [-0.1, -0.05) is 18.2 Å². The van der Waals surface area contributed by atoms with E-state index in [-0.39, 0.29) is 24.6 Å². The van der Waals surface area contributed by atoms with Crippen LogP contribution in [0.5, 0.6) is 11.5 Å². The molecule has 0 fully saturated rings. The molecular formula is C20H19N3O4. The average Bonchev–Trinajstić information content (AvgIpc) is 3.28. The van der Waals surface area contributed by atoms with Crippen LogP contribution in [0.25, 0.3) is 0 Å². The molecule has 7 heteroatoms. The van der Waals surface area contributed by atoms with E-state index in [1.165, 1.54) is 18.9 Å². The summed E-state index contributed by atoms with van der Waals surface area (Å²) in [6.07, 6.45) is 0.596. The molecule has 0 aromatic heterocycles. The molecule has 0 radical (unpaired) electrons. The number of benzene rings is 2. The lowest BCUT2D eigenvalue weighted by Gasteiger charge is -2.20. The number of rotatable bonds is 3. The first-order chi connectivity index (χ1) is 13.0. The van der Waals surface area contributed by atoms with Crippen LogP contribution in [0.4, 0.5) is 5.69 Å². The molecule has 2 amide bonds. The lowest BCUT2D eigenvalue weighted by atomic mass is 9.98. The minimum absolute atomic E-state index is 0.119. The first kappa shape index (κ1) is 17.1. The number of nitrogens with zero attached hydrogens (tertiary/aromatic N) is 2. The number of hydrazone groups is 1. The number of amides is 2. The van der Waals surface area contributed by atoms with Crippen molar-refractivity contribution in [2.45, 2.75) is 26.3 Å². The molecule has 0 bridgehead atoms. The summed E-state index contributed by atoms with van der Waals surface area (Å²) in [6.45, 7) is 3.18. The summed E-state index contributed by atoms with van der Waals surface area (Å²) in [5.41, 5.74) is 3.41. The Kier molecular flexibility index (Phi) is 4.27. The fraction of sp³-hybridized carbons (Fsp3) is 0.250. The molecule has 0 unspecified atom stereocenters. The molecule has 0 saturated carbocycles. The van der Waals surface area contributed by atoms with Gasteiger partial charge < -0.3 is 14.8 Å². The lowest BCUT2D eigenvalue weighted by molar-refractivity contribution is -0.130. The molecule has 2 aliphatic heterocycles. The van der Waals surface area contributed by atoms with Gasteiger partial charge in [-0.25, -0.2) is 5.01 Å². The van der Waals surface area contributed by atoms with Crippen LogP contribution in [-0.4, -0.2) is 29.3 Å². The lowest BCUT2D eigenvalue weighted by Crippen LogP contribution is -2.24. The smallest absolute Gasteiger partial charge is 0.240 e. The van der Waals surface area contributed by atoms with Gasteiger partial charge in [0.2, 0.25) is 18.6 Å². The van der Waals surface area contributed by atoms with E-state index in [9.17, 15) is 9.59 Å². The van der Waals surface area contributed by atoms with Crippen LogP contribution in [-0.2, 0) is 9.59 Å². The van der Waals surface area contributed by atoms with Gasteiger partial charge >= 0.3 is 0 Å². The van der Waals surface area contributed by atoms with Gasteiger partial charge in [-0.15, -0.1) is 0 Å². The number of hydrogen-bond acceptors (Lipinski definition) is 5. The van der Waals surface area contributed by atoms with Crippen LogP contribution in [0.2, 0.25) is 0 Å². The minimum atomic E-state index is -0.193. The second kappa shape index (κ2) is 6.75. The molecule has 0 aliphatic carbocycles. The van der Waals surface area contributed by atoms with E-state index in [4.69, 9.17) is 9.47 Å². The maximum Gasteiger partial charge on any atom is 0.240 e. The van der Waals surface area contributed by atoms with Crippen molar-refractivity contribution in [3.63, 3.8) is 0 Å². The van der Waals surface area contributed by atoms with Crippen molar-refractivity contribution >= 4 is 23.2 Å². The SMILES string of the molecule is CC(=O)Nc1ccc(C2=NN(C(C)=O)[C@H](c3ccc4c(c3)OCO4)C2)cc1. The Labute approximate surface area is 156 Å². The van der Waals surface area contributed by atoms with Gasteiger partial charge in [-0.05, 0) is 35.4 Å². The maximum atomic E-state index is 12.1. The maximum absolute atomic E-state index is 12.1. The fourth-order valence-electron chi connectivity index (χ4n) is 3.30. The number of ether oxygens (including phenoxy) is 2. The summed E-state index contributed by atoms with van der Waals surface area (Å²) in [5.74, 6) is 1.15. The Hall–Kier alpha value is -3.35. The predicted molar refractivity (Wildman–Crippen MR) is 99.7 cm³/mol. The first-order valence-electron chi connectivity index (χ1n) is 8.66. The zero-order valence-electron chi connectivity index (χ0n) is 15.1. The van der Waals surface area contributed by atoms with Gasteiger partial charge in [0.15, 0.2) is 11.5 Å². The predicted octanol–water partition coefficient (Wildman–Crippen LogP) is 3.07. The van der Waals surface area contributed by atoms with Gasteiger partial charge in [-0.3, -0.25) is 9.59 Å². The van der Waals surface area contributed by atoms with Crippen molar-refractivity contribution in [3.05, 3.63) is 53.6 Å². The molecule has 2 heterocycles. The number of anilines is 1. The Morgan fingerprint density at radius 2 is 1.81 bits per heavy atom. The summed E-state index contributed by atoms with van der Waals surface area (Å²) in [4.78, 5) is 23.3. The van der Waals surface area contributed by atoms with E-state index in [2.05, 4.69) is 10.4 Å². The number of nitrogens with one attached hydrogen (secondary N) is 1. The fourth-order valence-corrected chi connectivity index (χ4v) is 3.30.